The van der Waals surface area contributed by atoms with Gasteiger partial charge in [-0.05, 0) is 45.5 Å². The maximum atomic E-state index is 12.9. The van der Waals surface area contributed by atoms with Crippen LogP contribution in [0.2, 0.25) is 23.2 Å². The minimum absolute atomic E-state index is 0.0750. The summed E-state index contributed by atoms with van der Waals surface area (Å²) in [5.41, 5.74) is 9.89. The molecule has 0 bridgehead atoms. The summed E-state index contributed by atoms with van der Waals surface area (Å²) in [7, 11) is -5.25. The highest BCUT2D eigenvalue weighted by Gasteiger charge is 2.51. The molecule has 2 aromatic carbocycles. The van der Waals surface area contributed by atoms with Crippen LogP contribution in [0.5, 0.6) is 0 Å². The van der Waals surface area contributed by atoms with Crippen molar-refractivity contribution in [3.8, 4) is 0 Å². The molecule has 0 radical (unpaired) electrons. The molecule has 0 aliphatic heterocycles. The summed E-state index contributed by atoms with van der Waals surface area (Å²) in [5, 5.41) is 6.38. The lowest BCUT2D eigenvalue weighted by Crippen LogP contribution is -2.67. The number of carbonyl (C=O) groups is 1. The van der Waals surface area contributed by atoms with Gasteiger partial charge in [0.1, 0.15) is 6.29 Å². The van der Waals surface area contributed by atoms with E-state index in [1.54, 1.807) is 0 Å². The number of carbonyl (C=O) groups excluding carboxylic acids is 1. The van der Waals surface area contributed by atoms with Gasteiger partial charge in [-0.2, -0.15) is 0 Å². The molecule has 8 heteroatoms. The standard InChI is InChI=1S/C41H69N3O3Si2/c1-10-11-12-13-14-15-16-17-18-19-20-23-28-35(33-45)39(47-48(8,9)40(2,3)4)38(43-44-42)34-46-49(41(5,6)7,36-29-24-21-25-30-36)37-31-26-22-27-32-37/h21-22,24-27,29-33,35,38-39H,10-20,23,28,34H2,1-9H3/t35-,38+,39-/m1/s1. The number of benzene rings is 2. The van der Waals surface area contributed by atoms with Gasteiger partial charge < -0.3 is 13.6 Å². The second kappa shape index (κ2) is 21.2. The molecule has 0 heterocycles. The molecule has 6 nitrogen and oxygen atoms in total. The van der Waals surface area contributed by atoms with Gasteiger partial charge in [0.15, 0.2) is 8.32 Å². The molecule has 0 unspecified atom stereocenters. The molecule has 2 rings (SSSR count). The third kappa shape index (κ3) is 13.1. The normalized spacial score (nSPS) is 14.6. The first kappa shape index (κ1) is 42.9. The summed E-state index contributed by atoms with van der Waals surface area (Å²) in [4.78, 5) is 16.2. The van der Waals surface area contributed by atoms with E-state index in [0.29, 0.717) is 0 Å². The number of hydrogen-bond donors (Lipinski definition) is 0. The van der Waals surface area contributed by atoms with E-state index in [2.05, 4.69) is 120 Å². The van der Waals surface area contributed by atoms with Crippen molar-refractivity contribution < 1.29 is 13.6 Å². The first-order valence-corrected chi connectivity index (χ1v) is 24.0. The number of hydrogen-bond acceptors (Lipinski definition) is 4. The van der Waals surface area contributed by atoms with Crippen LogP contribution in [0, 0.1) is 5.92 Å². The first-order chi connectivity index (χ1) is 23.2. The number of unbranched alkanes of at least 4 members (excludes halogenated alkanes) is 11. The predicted octanol–water partition coefficient (Wildman–Crippen LogP) is 11.5. The molecule has 0 amide bonds. The van der Waals surface area contributed by atoms with Crippen molar-refractivity contribution in [3.63, 3.8) is 0 Å². The van der Waals surface area contributed by atoms with Crippen LogP contribution in [0.3, 0.4) is 0 Å². The van der Waals surface area contributed by atoms with Gasteiger partial charge in [0.05, 0.1) is 12.1 Å². The number of aldehydes is 1. The summed E-state index contributed by atoms with van der Waals surface area (Å²) >= 11 is 0. The van der Waals surface area contributed by atoms with Gasteiger partial charge in [0.2, 0.25) is 0 Å². The summed E-state index contributed by atoms with van der Waals surface area (Å²) in [6, 6.07) is 20.4. The first-order valence-electron chi connectivity index (χ1n) is 19.2. The highest BCUT2D eigenvalue weighted by Crippen LogP contribution is 2.40. The van der Waals surface area contributed by atoms with E-state index in [9.17, 15) is 10.3 Å². The van der Waals surface area contributed by atoms with Crippen molar-refractivity contribution in [1.29, 1.82) is 0 Å². The fraction of sp³-hybridized carbons (Fsp3) is 0.683. The average molecular weight is 708 g/mol. The highest BCUT2D eigenvalue weighted by atomic mass is 28.4. The molecule has 49 heavy (non-hydrogen) atoms. The van der Waals surface area contributed by atoms with E-state index in [4.69, 9.17) is 8.85 Å². The largest absolute Gasteiger partial charge is 0.413 e. The van der Waals surface area contributed by atoms with Crippen molar-refractivity contribution in [2.75, 3.05) is 6.61 Å². The minimum atomic E-state index is -2.90. The SMILES string of the molecule is CCCCCCCCCCCCCC[C@H](C=O)[C@@H](O[Si](C)(C)C(C)(C)C)[C@H](CO[Si](c1ccccc1)(c1ccccc1)C(C)(C)C)N=[N+]=[N-]. The molecular weight excluding hydrogens is 639 g/mol. The molecule has 2 aromatic rings. The maximum Gasteiger partial charge on any atom is 0.261 e. The summed E-state index contributed by atoms with van der Waals surface area (Å²) in [6.45, 7) is 20.2. The van der Waals surface area contributed by atoms with Crippen molar-refractivity contribution in [2.45, 2.75) is 167 Å². The fourth-order valence-corrected chi connectivity index (χ4v) is 12.7. The van der Waals surface area contributed by atoms with Gasteiger partial charge >= 0.3 is 0 Å². The molecular formula is C41H69N3O3Si2. The Kier molecular flexibility index (Phi) is 18.6. The predicted molar refractivity (Wildman–Crippen MR) is 214 cm³/mol. The molecule has 0 aliphatic carbocycles. The van der Waals surface area contributed by atoms with Crippen LogP contribution in [0.15, 0.2) is 65.8 Å². The van der Waals surface area contributed by atoms with Crippen molar-refractivity contribution in [3.05, 3.63) is 71.1 Å². The summed E-state index contributed by atoms with van der Waals surface area (Å²) in [6.07, 6.45) is 16.4. The van der Waals surface area contributed by atoms with Gasteiger partial charge in [-0.1, -0.05) is 191 Å². The van der Waals surface area contributed by atoms with Gasteiger partial charge in [0.25, 0.3) is 8.32 Å². The van der Waals surface area contributed by atoms with Crippen LogP contribution in [-0.2, 0) is 13.6 Å². The maximum absolute atomic E-state index is 12.9. The summed E-state index contributed by atoms with van der Waals surface area (Å²) < 4.78 is 14.3. The second-order valence-electron chi connectivity index (χ2n) is 16.6. The average Bonchev–Trinajstić information content (AvgIpc) is 3.06. The van der Waals surface area contributed by atoms with Crippen molar-refractivity contribution >= 4 is 33.3 Å². The molecule has 0 saturated carbocycles. The van der Waals surface area contributed by atoms with E-state index < -0.39 is 28.8 Å². The fourth-order valence-electron chi connectivity index (χ4n) is 6.73. The number of nitrogens with zero attached hydrogens (tertiary/aromatic N) is 3. The minimum Gasteiger partial charge on any atom is -0.413 e. The van der Waals surface area contributed by atoms with Crippen LogP contribution in [0.25, 0.3) is 10.4 Å². The lowest BCUT2D eigenvalue weighted by molar-refractivity contribution is -0.114. The van der Waals surface area contributed by atoms with Crippen LogP contribution >= 0.6 is 0 Å². The second-order valence-corrected chi connectivity index (χ2v) is 25.6. The summed E-state index contributed by atoms with van der Waals surface area (Å²) in [5.74, 6) is -0.379. The third-order valence-corrected chi connectivity index (χ3v) is 20.2. The smallest absolute Gasteiger partial charge is 0.261 e. The van der Waals surface area contributed by atoms with Crippen LogP contribution in [-0.4, -0.2) is 41.7 Å². The zero-order valence-corrected chi connectivity index (χ0v) is 34.5. The lowest BCUT2D eigenvalue weighted by Gasteiger charge is -2.45. The molecule has 0 N–H and O–H groups in total. The number of rotatable bonds is 24. The van der Waals surface area contributed by atoms with Gasteiger partial charge in [-0.25, -0.2) is 0 Å². The van der Waals surface area contributed by atoms with Gasteiger partial charge in [-0.3, -0.25) is 0 Å². The Morgan fingerprint density at radius 1 is 0.735 bits per heavy atom. The van der Waals surface area contributed by atoms with E-state index in [-0.39, 0.29) is 22.6 Å². The highest BCUT2D eigenvalue weighted by molar-refractivity contribution is 6.99. The third-order valence-electron chi connectivity index (χ3n) is 10.7. The van der Waals surface area contributed by atoms with Crippen molar-refractivity contribution in [2.24, 2.45) is 11.0 Å². The molecule has 274 valence electrons. The number of azide groups is 1. The van der Waals surface area contributed by atoms with E-state index >= 15 is 0 Å². The Morgan fingerprint density at radius 2 is 1.18 bits per heavy atom. The van der Waals surface area contributed by atoms with E-state index in [1.165, 1.54) is 74.6 Å². The van der Waals surface area contributed by atoms with Crippen LogP contribution in [0.1, 0.15) is 132 Å². The molecule has 3 atom stereocenters. The quantitative estimate of drug-likeness (QED) is 0.0272. The molecule has 0 aromatic heterocycles. The monoisotopic (exact) mass is 707 g/mol. The van der Waals surface area contributed by atoms with E-state index in [1.807, 2.05) is 12.1 Å². The van der Waals surface area contributed by atoms with E-state index in [0.717, 1.165) is 25.5 Å². The molecule has 0 fully saturated rings. The molecule has 0 aliphatic rings. The Balaban J connectivity index is 2.30. The Morgan fingerprint density at radius 3 is 1.57 bits per heavy atom. The zero-order chi connectivity index (χ0) is 36.4. The Labute approximate surface area is 302 Å². The van der Waals surface area contributed by atoms with Gasteiger partial charge in [-0.15, -0.1) is 0 Å². The van der Waals surface area contributed by atoms with Crippen LogP contribution in [0.4, 0.5) is 0 Å². The zero-order valence-electron chi connectivity index (χ0n) is 32.5. The van der Waals surface area contributed by atoms with Crippen molar-refractivity contribution in [1.82, 2.24) is 0 Å². The Bertz CT molecular complexity index is 1200. The topological polar surface area (TPSA) is 84.3 Å². The molecule has 0 saturated heterocycles. The van der Waals surface area contributed by atoms with Gasteiger partial charge in [0, 0.05) is 17.4 Å². The Hall–Kier alpha value is -2.23. The molecule has 0 spiro atoms. The lowest BCUT2D eigenvalue weighted by atomic mass is 9.92. The van der Waals surface area contributed by atoms with Crippen LogP contribution < -0.4 is 10.4 Å².